The van der Waals surface area contributed by atoms with Crippen LogP contribution < -0.4 is 0 Å². The predicted octanol–water partition coefficient (Wildman–Crippen LogP) is 1.62. The molecule has 0 saturated carbocycles. The Kier molecular flexibility index (Phi) is 3.91. The van der Waals surface area contributed by atoms with Gasteiger partial charge in [0.2, 0.25) is 0 Å². The van der Waals surface area contributed by atoms with E-state index in [2.05, 4.69) is 4.98 Å². The van der Waals surface area contributed by atoms with Gasteiger partial charge < -0.3 is 14.6 Å². The molecule has 1 amide bonds. The lowest BCUT2D eigenvalue weighted by Crippen LogP contribution is -2.40. The fourth-order valence-electron chi connectivity index (χ4n) is 2.78. The van der Waals surface area contributed by atoms with E-state index in [1.807, 2.05) is 22.9 Å². The van der Waals surface area contributed by atoms with Crippen LogP contribution in [0.1, 0.15) is 28.8 Å². The summed E-state index contributed by atoms with van der Waals surface area (Å²) in [6.07, 6.45) is 6.60. The molecule has 1 N–H and O–H groups in total. The number of amides is 1. The maximum absolute atomic E-state index is 12.4. The molecule has 0 unspecified atom stereocenters. The highest BCUT2D eigenvalue weighted by molar-refractivity contribution is 5.97. The van der Waals surface area contributed by atoms with Gasteiger partial charge in [-0.05, 0) is 30.5 Å². The van der Waals surface area contributed by atoms with Crippen LogP contribution in [0.25, 0.3) is 0 Å². The fourth-order valence-corrected chi connectivity index (χ4v) is 2.78. The summed E-state index contributed by atoms with van der Waals surface area (Å²) in [6, 6.07) is 6.59. The number of carbonyl (C=O) groups excluding carboxylic acids is 1. The number of imidazole rings is 1. The number of aromatic nitrogens is 2. The Labute approximate surface area is 128 Å². The molecular formula is C16H17N3O3. The molecule has 6 heteroatoms. The highest BCUT2D eigenvalue weighted by Crippen LogP contribution is 2.20. The number of aliphatic carboxylic acids is 1. The Morgan fingerprint density at radius 1 is 1.27 bits per heavy atom. The Hall–Kier alpha value is -2.63. The van der Waals surface area contributed by atoms with Crippen LogP contribution in [-0.2, 0) is 11.3 Å². The van der Waals surface area contributed by atoms with E-state index < -0.39 is 12.0 Å². The lowest BCUT2D eigenvalue weighted by molar-refractivity contribution is -0.141. The summed E-state index contributed by atoms with van der Waals surface area (Å²) in [5.41, 5.74) is 1.59. The first-order valence-electron chi connectivity index (χ1n) is 7.23. The molecule has 6 nitrogen and oxygen atoms in total. The molecule has 1 fully saturated rings. The minimum Gasteiger partial charge on any atom is -0.480 e. The third-order valence-electron chi connectivity index (χ3n) is 3.92. The summed E-state index contributed by atoms with van der Waals surface area (Å²) < 4.78 is 1.94. The molecule has 0 radical (unpaired) electrons. The largest absolute Gasteiger partial charge is 0.480 e. The molecule has 1 aliphatic heterocycles. The van der Waals surface area contributed by atoms with Gasteiger partial charge in [-0.2, -0.15) is 0 Å². The van der Waals surface area contributed by atoms with Crippen molar-refractivity contribution in [2.75, 3.05) is 6.54 Å². The quantitative estimate of drug-likeness (QED) is 0.931. The Morgan fingerprint density at radius 3 is 2.68 bits per heavy atom. The van der Waals surface area contributed by atoms with Gasteiger partial charge in [0.05, 0.1) is 6.33 Å². The average Bonchev–Trinajstić information content (AvgIpc) is 3.18. The van der Waals surface area contributed by atoms with Gasteiger partial charge in [0.25, 0.3) is 5.91 Å². The number of benzene rings is 1. The highest BCUT2D eigenvalue weighted by atomic mass is 16.4. The van der Waals surface area contributed by atoms with Gasteiger partial charge in [-0.15, -0.1) is 0 Å². The zero-order valence-electron chi connectivity index (χ0n) is 12.1. The van der Waals surface area contributed by atoms with Crippen LogP contribution in [0.4, 0.5) is 0 Å². The molecule has 3 rings (SSSR count). The molecule has 1 aromatic heterocycles. The normalized spacial score (nSPS) is 17.6. The van der Waals surface area contributed by atoms with E-state index in [4.69, 9.17) is 5.11 Å². The van der Waals surface area contributed by atoms with Gasteiger partial charge in [-0.3, -0.25) is 4.79 Å². The standard InChI is InChI=1S/C16H17N3O3/c20-15(19-8-1-2-14(19)16(21)22)13-5-3-12(4-6-13)10-18-9-7-17-11-18/h3-7,9,11,14H,1-2,8,10H2,(H,21,22)/t14-/m1/s1. The van der Waals surface area contributed by atoms with E-state index in [-0.39, 0.29) is 5.91 Å². The van der Waals surface area contributed by atoms with Crippen molar-refractivity contribution in [3.8, 4) is 0 Å². The number of hydrogen-bond donors (Lipinski definition) is 1. The van der Waals surface area contributed by atoms with Gasteiger partial charge in [0.15, 0.2) is 0 Å². The Bertz CT molecular complexity index is 664. The zero-order valence-corrected chi connectivity index (χ0v) is 12.1. The van der Waals surface area contributed by atoms with E-state index in [1.165, 1.54) is 4.90 Å². The number of likely N-dealkylation sites (tertiary alicyclic amines) is 1. The SMILES string of the molecule is O=C(O)[C@H]1CCCN1C(=O)c1ccc(Cn2ccnc2)cc1. The molecule has 1 aromatic carbocycles. The molecule has 22 heavy (non-hydrogen) atoms. The molecular weight excluding hydrogens is 282 g/mol. The number of carbonyl (C=O) groups is 2. The smallest absolute Gasteiger partial charge is 0.326 e. The van der Waals surface area contributed by atoms with Crippen LogP contribution in [-0.4, -0.2) is 44.0 Å². The van der Waals surface area contributed by atoms with Crippen LogP contribution in [0.5, 0.6) is 0 Å². The first-order valence-corrected chi connectivity index (χ1v) is 7.23. The molecule has 114 valence electrons. The summed E-state index contributed by atoms with van der Waals surface area (Å²) in [4.78, 5) is 29.1. The number of hydrogen-bond acceptors (Lipinski definition) is 3. The molecule has 0 bridgehead atoms. The summed E-state index contributed by atoms with van der Waals surface area (Å²) in [5, 5.41) is 9.16. The second kappa shape index (κ2) is 6.01. The van der Waals surface area contributed by atoms with Crippen LogP contribution in [0, 0.1) is 0 Å². The van der Waals surface area contributed by atoms with Gasteiger partial charge in [-0.1, -0.05) is 12.1 Å². The van der Waals surface area contributed by atoms with E-state index in [9.17, 15) is 9.59 Å². The van der Waals surface area contributed by atoms with E-state index in [0.29, 0.717) is 25.1 Å². The summed E-state index contributed by atoms with van der Waals surface area (Å²) in [6.45, 7) is 1.20. The average molecular weight is 299 g/mol. The number of carboxylic acid groups (broad SMARTS) is 1. The third-order valence-corrected chi connectivity index (χ3v) is 3.92. The zero-order chi connectivity index (χ0) is 15.5. The Balaban J connectivity index is 1.72. The van der Waals surface area contributed by atoms with Crippen molar-refractivity contribution in [2.45, 2.75) is 25.4 Å². The lowest BCUT2D eigenvalue weighted by atomic mass is 10.1. The van der Waals surface area contributed by atoms with Crippen LogP contribution in [0.3, 0.4) is 0 Å². The van der Waals surface area contributed by atoms with Crippen LogP contribution in [0.15, 0.2) is 43.0 Å². The first-order chi connectivity index (χ1) is 10.6. The maximum Gasteiger partial charge on any atom is 0.326 e. The topological polar surface area (TPSA) is 75.4 Å². The van der Waals surface area contributed by atoms with E-state index in [1.54, 1.807) is 24.7 Å². The van der Waals surface area contributed by atoms with Crippen molar-refractivity contribution < 1.29 is 14.7 Å². The number of nitrogens with zero attached hydrogens (tertiary/aromatic N) is 3. The van der Waals surface area contributed by atoms with Crippen LogP contribution in [0.2, 0.25) is 0 Å². The molecule has 1 saturated heterocycles. The van der Waals surface area contributed by atoms with Gasteiger partial charge in [-0.25, -0.2) is 9.78 Å². The third kappa shape index (κ3) is 2.86. The summed E-state index contributed by atoms with van der Waals surface area (Å²) in [7, 11) is 0. The van der Waals surface area contributed by atoms with E-state index in [0.717, 1.165) is 12.0 Å². The molecule has 1 atom stereocenters. The van der Waals surface area contributed by atoms with E-state index >= 15 is 0 Å². The van der Waals surface area contributed by atoms with Gasteiger partial charge in [0, 0.05) is 31.0 Å². The van der Waals surface area contributed by atoms with Crippen LogP contribution >= 0.6 is 0 Å². The molecule has 2 heterocycles. The predicted molar refractivity (Wildman–Crippen MR) is 79.5 cm³/mol. The van der Waals surface area contributed by atoms with Crippen molar-refractivity contribution >= 4 is 11.9 Å². The van der Waals surface area contributed by atoms with Gasteiger partial charge in [0.1, 0.15) is 6.04 Å². The van der Waals surface area contributed by atoms with Crippen molar-refractivity contribution in [3.05, 3.63) is 54.1 Å². The van der Waals surface area contributed by atoms with Crippen molar-refractivity contribution in [2.24, 2.45) is 0 Å². The monoisotopic (exact) mass is 299 g/mol. The van der Waals surface area contributed by atoms with Gasteiger partial charge >= 0.3 is 5.97 Å². The lowest BCUT2D eigenvalue weighted by Gasteiger charge is -2.21. The molecule has 2 aromatic rings. The second-order valence-corrected chi connectivity index (χ2v) is 5.43. The minimum absolute atomic E-state index is 0.209. The Morgan fingerprint density at radius 2 is 2.05 bits per heavy atom. The number of carboxylic acids is 1. The summed E-state index contributed by atoms with van der Waals surface area (Å²) in [5.74, 6) is -1.14. The highest BCUT2D eigenvalue weighted by Gasteiger charge is 2.34. The molecule has 1 aliphatic rings. The number of rotatable bonds is 4. The minimum atomic E-state index is -0.928. The maximum atomic E-state index is 12.4. The first kappa shape index (κ1) is 14.3. The van der Waals surface area contributed by atoms with Crippen molar-refractivity contribution in [3.63, 3.8) is 0 Å². The summed E-state index contributed by atoms with van der Waals surface area (Å²) >= 11 is 0. The second-order valence-electron chi connectivity index (χ2n) is 5.43. The molecule has 0 spiro atoms. The fraction of sp³-hybridized carbons (Fsp3) is 0.312. The van der Waals surface area contributed by atoms with Crippen molar-refractivity contribution in [1.82, 2.24) is 14.5 Å². The molecule has 0 aliphatic carbocycles. The van der Waals surface area contributed by atoms with Crippen molar-refractivity contribution in [1.29, 1.82) is 0 Å².